The first-order chi connectivity index (χ1) is 14.1. The van der Waals surface area contributed by atoms with Gasteiger partial charge in [-0.2, -0.15) is 5.10 Å². The Hall–Kier alpha value is -2.21. The SMILES string of the molecule is CCn1cc(CN2CCOC(c3cccc(Cc4ccccc4Cl)n3)C2)c(C)n1. The van der Waals surface area contributed by atoms with Gasteiger partial charge in [0, 0.05) is 55.1 Å². The third-order valence-electron chi connectivity index (χ3n) is 5.40. The molecule has 1 atom stereocenters. The number of aryl methyl sites for hydroxylation is 2. The third kappa shape index (κ3) is 4.86. The molecule has 3 aromatic rings. The van der Waals surface area contributed by atoms with Crippen molar-refractivity contribution < 1.29 is 4.74 Å². The third-order valence-corrected chi connectivity index (χ3v) is 5.77. The number of halogens is 1. The number of ether oxygens (including phenoxy) is 1. The van der Waals surface area contributed by atoms with Crippen molar-refractivity contribution in [1.82, 2.24) is 19.7 Å². The van der Waals surface area contributed by atoms with E-state index in [0.717, 1.165) is 60.3 Å². The highest BCUT2D eigenvalue weighted by Gasteiger charge is 2.24. The van der Waals surface area contributed by atoms with Crippen LogP contribution in [0.1, 0.15) is 41.2 Å². The van der Waals surface area contributed by atoms with Gasteiger partial charge in [0.1, 0.15) is 6.10 Å². The van der Waals surface area contributed by atoms with Crippen LogP contribution in [-0.4, -0.2) is 39.4 Å². The van der Waals surface area contributed by atoms with Crippen LogP contribution in [0.25, 0.3) is 0 Å². The topological polar surface area (TPSA) is 43.2 Å². The largest absolute Gasteiger partial charge is 0.369 e. The minimum absolute atomic E-state index is 0.0172. The van der Waals surface area contributed by atoms with Crippen molar-refractivity contribution in [2.75, 3.05) is 19.7 Å². The summed E-state index contributed by atoms with van der Waals surface area (Å²) in [6.45, 7) is 8.45. The number of rotatable bonds is 6. The second kappa shape index (κ2) is 9.08. The lowest BCUT2D eigenvalue weighted by Gasteiger charge is -2.32. The summed E-state index contributed by atoms with van der Waals surface area (Å²) >= 11 is 6.32. The van der Waals surface area contributed by atoms with Crippen molar-refractivity contribution in [3.05, 3.63) is 81.9 Å². The maximum atomic E-state index is 6.32. The lowest BCUT2D eigenvalue weighted by Crippen LogP contribution is -2.38. The molecule has 2 aromatic heterocycles. The first-order valence-electron chi connectivity index (χ1n) is 10.2. The van der Waals surface area contributed by atoms with Crippen LogP contribution < -0.4 is 0 Å². The van der Waals surface area contributed by atoms with Gasteiger partial charge < -0.3 is 4.74 Å². The maximum Gasteiger partial charge on any atom is 0.112 e. The molecule has 0 saturated carbocycles. The second-order valence-corrected chi connectivity index (χ2v) is 7.92. The highest BCUT2D eigenvalue weighted by Crippen LogP contribution is 2.24. The normalized spacial score (nSPS) is 17.6. The summed E-state index contributed by atoms with van der Waals surface area (Å²) in [6.07, 6.45) is 2.86. The van der Waals surface area contributed by atoms with E-state index in [4.69, 9.17) is 21.3 Å². The molecule has 5 nitrogen and oxygen atoms in total. The summed E-state index contributed by atoms with van der Waals surface area (Å²) in [5.41, 5.74) is 5.48. The van der Waals surface area contributed by atoms with E-state index in [0.29, 0.717) is 6.61 Å². The molecule has 6 heteroatoms. The predicted octanol–water partition coefficient (Wildman–Crippen LogP) is 4.42. The fourth-order valence-electron chi connectivity index (χ4n) is 3.76. The van der Waals surface area contributed by atoms with Gasteiger partial charge in [-0.05, 0) is 37.6 Å². The monoisotopic (exact) mass is 410 g/mol. The Morgan fingerprint density at radius 2 is 2.00 bits per heavy atom. The number of benzene rings is 1. The highest BCUT2D eigenvalue weighted by molar-refractivity contribution is 6.31. The quantitative estimate of drug-likeness (QED) is 0.603. The Bertz CT molecular complexity index is 971. The van der Waals surface area contributed by atoms with Gasteiger partial charge in [-0.15, -0.1) is 0 Å². The lowest BCUT2D eigenvalue weighted by atomic mass is 10.1. The van der Waals surface area contributed by atoms with Crippen LogP contribution in [-0.2, 0) is 24.2 Å². The molecule has 1 fully saturated rings. The molecule has 1 aromatic carbocycles. The summed E-state index contributed by atoms with van der Waals surface area (Å²) in [4.78, 5) is 7.31. The number of nitrogens with zero attached hydrogens (tertiary/aromatic N) is 4. The summed E-state index contributed by atoms with van der Waals surface area (Å²) in [6, 6.07) is 14.1. The van der Waals surface area contributed by atoms with E-state index in [2.05, 4.69) is 48.2 Å². The average molecular weight is 411 g/mol. The van der Waals surface area contributed by atoms with Crippen LogP contribution in [0.4, 0.5) is 0 Å². The van der Waals surface area contributed by atoms with Crippen LogP contribution in [0.3, 0.4) is 0 Å². The molecule has 1 aliphatic rings. The van der Waals surface area contributed by atoms with E-state index in [1.54, 1.807) is 0 Å². The van der Waals surface area contributed by atoms with Gasteiger partial charge in [0.25, 0.3) is 0 Å². The number of aromatic nitrogens is 3. The van der Waals surface area contributed by atoms with Gasteiger partial charge in [-0.1, -0.05) is 35.9 Å². The predicted molar refractivity (Wildman–Crippen MR) is 115 cm³/mol. The van der Waals surface area contributed by atoms with E-state index in [1.165, 1.54) is 5.56 Å². The lowest BCUT2D eigenvalue weighted by molar-refractivity contribution is -0.0351. The molecule has 4 rings (SSSR count). The van der Waals surface area contributed by atoms with Gasteiger partial charge in [-0.25, -0.2) is 0 Å². The average Bonchev–Trinajstić information content (AvgIpc) is 3.10. The van der Waals surface area contributed by atoms with E-state index in [-0.39, 0.29) is 6.10 Å². The Morgan fingerprint density at radius 1 is 1.14 bits per heavy atom. The molecule has 0 N–H and O–H groups in total. The van der Waals surface area contributed by atoms with Crippen LogP contribution in [0.2, 0.25) is 5.02 Å². The van der Waals surface area contributed by atoms with Crippen LogP contribution >= 0.6 is 11.6 Å². The van der Waals surface area contributed by atoms with Crippen molar-refractivity contribution >= 4 is 11.6 Å². The molecular formula is C23H27ClN4O. The molecule has 0 radical (unpaired) electrons. The van der Waals surface area contributed by atoms with Crippen LogP contribution in [0, 0.1) is 6.92 Å². The second-order valence-electron chi connectivity index (χ2n) is 7.51. The van der Waals surface area contributed by atoms with Crippen LogP contribution in [0.15, 0.2) is 48.7 Å². The number of hydrogen-bond donors (Lipinski definition) is 0. The molecule has 0 aliphatic carbocycles. The number of morpholine rings is 1. The number of hydrogen-bond acceptors (Lipinski definition) is 4. The van der Waals surface area contributed by atoms with Crippen LogP contribution in [0.5, 0.6) is 0 Å². The van der Waals surface area contributed by atoms with Gasteiger partial charge in [0.05, 0.1) is 18.0 Å². The van der Waals surface area contributed by atoms with Crippen molar-refractivity contribution in [3.8, 4) is 0 Å². The molecule has 1 saturated heterocycles. The smallest absolute Gasteiger partial charge is 0.112 e. The molecule has 0 bridgehead atoms. The van der Waals surface area contributed by atoms with Gasteiger partial charge >= 0.3 is 0 Å². The summed E-state index contributed by atoms with van der Waals surface area (Å²) < 4.78 is 8.07. The molecule has 1 unspecified atom stereocenters. The fourth-order valence-corrected chi connectivity index (χ4v) is 3.96. The van der Waals surface area contributed by atoms with Crippen molar-refractivity contribution in [3.63, 3.8) is 0 Å². The summed E-state index contributed by atoms with van der Waals surface area (Å²) in [5.74, 6) is 0. The maximum absolute atomic E-state index is 6.32. The molecule has 3 heterocycles. The van der Waals surface area contributed by atoms with Gasteiger partial charge in [0.15, 0.2) is 0 Å². The van der Waals surface area contributed by atoms with E-state index >= 15 is 0 Å². The standard InChI is InChI=1S/C23H27ClN4O/c1-3-28-15-19(17(2)26-28)14-27-11-12-29-23(16-27)22-10-6-8-20(25-22)13-18-7-4-5-9-21(18)24/h4-10,15,23H,3,11-14,16H2,1-2H3. The Labute approximate surface area is 177 Å². The Morgan fingerprint density at radius 3 is 2.79 bits per heavy atom. The highest BCUT2D eigenvalue weighted by atomic mass is 35.5. The summed E-state index contributed by atoms with van der Waals surface area (Å²) in [5, 5.41) is 5.35. The Kier molecular flexibility index (Phi) is 6.28. The minimum Gasteiger partial charge on any atom is -0.369 e. The van der Waals surface area contributed by atoms with E-state index < -0.39 is 0 Å². The van der Waals surface area contributed by atoms with Crippen molar-refractivity contribution in [2.45, 2.75) is 39.5 Å². The van der Waals surface area contributed by atoms with Gasteiger partial charge in [-0.3, -0.25) is 14.6 Å². The molecule has 29 heavy (non-hydrogen) atoms. The fraction of sp³-hybridized carbons (Fsp3) is 0.391. The zero-order valence-electron chi connectivity index (χ0n) is 17.0. The van der Waals surface area contributed by atoms with E-state index in [9.17, 15) is 0 Å². The first-order valence-corrected chi connectivity index (χ1v) is 10.6. The molecule has 152 valence electrons. The molecule has 1 aliphatic heterocycles. The molecule has 0 spiro atoms. The zero-order chi connectivity index (χ0) is 20.2. The minimum atomic E-state index is -0.0172. The molecular weight excluding hydrogens is 384 g/mol. The number of pyridine rings is 1. The van der Waals surface area contributed by atoms with Crippen molar-refractivity contribution in [1.29, 1.82) is 0 Å². The van der Waals surface area contributed by atoms with E-state index in [1.807, 2.05) is 28.9 Å². The van der Waals surface area contributed by atoms with Gasteiger partial charge in [0.2, 0.25) is 0 Å². The molecule has 0 amide bonds. The van der Waals surface area contributed by atoms with Crippen molar-refractivity contribution in [2.24, 2.45) is 0 Å². The summed E-state index contributed by atoms with van der Waals surface area (Å²) in [7, 11) is 0. The first kappa shape index (κ1) is 20.1. The zero-order valence-corrected chi connectivity index (χ0v) is 17.8. The Balaban J connectivity index is 1.45.